The predicted octanol–water partition coefficient (Wildman–Crippen LogP) is 5.10. The van der Waals surface area contributed by atoms with Crippen molar-refractivity contribution in [3.63, 3.8) is 0 Å². The minimum atomic E-state index is -3.83. The van der Waals surface area contributed by atoms with Crippen LogP contribution in [0.15, 0.2) is 72.8 Å². The van der Waals surface area contributed by atoms with E-state index in [9.17, 15) is 18.0 Å². The van der Waals surface area contributed by atoms with E-state index in [1.165, 1.54) is 4.90 Å². The standard InChI is InChI=1S/C29H33Cl2N3O4S/c1-4-21-11-15-25(16-12-21)34(39(3,37)38)20-28(35)33(19-23-13-14-24(30)18-26(23)31)27(29(36)32-5-2)17-22-9-7-6-8-10-22/h6-16,18,27H,4-5,17,19-20H2,1-3H3,(H,32,36). The van der Waals surface area contributed by atoms with Crippen molar-refractivity contribution in [1.29, 1.82) is 0 Å². The summed E-state index contributed by atoms with van der Waals surface area (Å²) in [5.41, 5.74) is 2.83. The van der Waals surface area contributed by atoms with Gasteiger partial charge in [-0.3, -0.25) is 13.9 Å². The summed E-state index contributed by atoms with van der Waals surface area (Å²) in [6.07, 6.45) is 2.08. The Morgan fingerprint density at radius 1 is 0.923 bits per heavy atom. The highest BCUT2D eigenvalue weighted by atomic mass is 35.5. The van der Waals surface area contributed by atoms with Gasteiger partial charge in [-0.2, -0.15) is 0 Å². The first-order valence-corrected chi connectivity index (χ1v) is 15.3. The molecule has 0 fully saturated rings. The summed E-state index contributed by atoms with van der Waals surface area (Å²) >= 11 is 12.5. The Morgan fingerprint density at radius 2 is 1.59 bits per heavy atom. The molecule has 2 amide bonds. The lowest BCUT2D eigenvalue weighted by Gasteiger charge is -2.33. The SMILES string of the molecule is CCNC(=O)C(Cc1ccccc1)N(Cc1ccc(Cl)cc1Cl)C(=O)CN(c1ccc(CC)cc1)S(C)(=O)=O. The third kappa shape index (κ3) is 8.46. The number of nitrogens with one attached hydrogen (secondary N) is 1. The molecule has 7 nitrogen and oxygen atoms in total. The van der Waals surface area contributed by atoms with Crippen molar-refractivity contribution < 1.29 is 18.0 Å². The molecule has 1 atom stereocenters. The smallest absolute Gasteiger partial charge is 0.244 e. The summed E-state index contributed by atoms with van der Waals surface area (Å²) in [7, 11) is -3.83. The number of benzene rings is 3. The second-order valence-electron chi connectivity index (χ2n) is 9.15. The topological polar surface area (TPSA) is 86.8 Å². The molecule has 0 saturated heterocycles. The monoisotopic (exact) mass is 589 g/mol. The summed E-state index contributed by atoms with van der Waals surface area (Å²) in [6.45, 7) is 3.66. The molecular formula is C29H33Cl2N3O4S. The summed E-state index contributed by atoms with van der Waals surface area (Å²) in [5.74, 6) is -0.892. The second-order valence-corrected chi connectivity index (χ2v) is 11.9. The van der Waals surface area contributed by atoms with E-state index >= 15 is 0 Å². The Bertz CT molecular complexity index is 1380. The number of hydrogen-bond acceptors (Lipinski definition) is 4. The maximum Gasteiger partial charge on any atom is 0.244 e. The van der Waals surface area contributed by atoms with Crippen LogP contribution >= 0.6 is 23.2 Å². The Balaban J connectivity index is 2.05. The number of nitrogens with zero attached hydrogens (tertiary/aromatic N) is 2. The van der Waals surface area contributed by atoms with E-state index in [1.807, 2.05) is 49.4 Å². The van der Waals surface area contributed by atoms with Gasteiger partial charge in [0.15, 0.2) is 0 Å². The Hall–Kier alpha value is -3.07. The summed E-state index contributed by atoms with van der Waals surface area (Å²) in [4.78, 5) is 28.7. The molecule has 10 heteroatoms. The summed E-state index contributed by atoms with van der Waals surface area (Å²) in [5, 5.41) is 3.59. The number of carbonyl (C=O) groups is 2. The first-order chi connectivity index (χ1) is 18.5. The van der Waals surface area contributed by atoms with Crippen LogP contribution in [0.1, 0.15) is 30.5 Å². The number of halogens is 2. The second kappa shape index (κ2) is 13.8. The minimum Gasteiger partial charge on any atom is -0.355 e. The average molecular weight is 591 g/mol. The van der Waals surface area contributed by atoms with Gasteiger partial charge in [-0.15, -0.1) is 0 Å². The zero-order chi connectivity index (χ0) is 28.6. The number of rotatable bonds is 12. The molecule has 3 rings (SSSR count). The Morgan fingerprint density at radius 3 is 2.15 bits per heavy atom. The van der Waals surface area contributed by atoms with Crippen LogP contribution in [0.2, 0.25) is 10.0 Å². The van der Waals surface area contributed by atoms with E-state index in [-0.39, 0.29) is 18.9 Å². The molecule has 0 heterocycles. The number of anilines is 1. The highest BCUT2D eigenvalue weighted by molar-refractivity contribution is 7.92. The Labute approximate surface area is 240 Å². The number of likely N-dealkylation sites (N-methyl/N-ethyl adjacent to an activating group) is 1. The molecule has 0 radical (unpaired) electrons. The lowest BCUT2D eigenvalue weighted by molar-refractivity contribution is -0.140. The van der Waals surface area contributed by atoms with E-state index in [0.717, 1.165) is 28.1 Å². The fourth-order valence-electron chi connectivity index (χ4n) is 4.19. The van der Waals surface area contributed by atoms with Crippen molar-refractivity contribution in [2.75, 3.05) is 23.7 Å². The molecule has 208 valence electrons. The molecule has 0 spiro atoms. The van der Waals surface area contributed by atoms with E-state index in [1.54, 1.807) is 37.3 Å². The summed E-state index contributed by atoms with van der Waals surface area (Å²) in [6, 6.07) is 20.4. The molecular weight excluding hydrogens is 557 g/mol. The molecule has 3 aromatic carbocycles. The molecule has 0 bridgehead atoms. The lowest BCUT2D eigenvalue weighted by Crippen LogP contribution is -2.53. The van der Waals surface area contributed by atoms with Crippen molar-refractivity contribution in [3.05, 3.63) is 99.5 Å². The predicted molar refractivity (Wildman–Crippen MR) is 158 cm³/mol. The average Bonchev–Trinajstić information content (AvgIpc) is 2.90. The molecule has 39 heavy (non-hydrogen) atoms. The third-order valence-corrected chi connectivity index (χ3v) is 8.02. The van der Waals surface area contributed by atoms with Crippen molar-refractivity contribution in [2.45, 2.75) is 39.3 Å². The van der Waals surface area contributed by atoms with Crippen molar-refractivity contribution in [2.24, 2.45) is 0 Å². The fourth-order valence-corrected chi connectivity index (χ4v) is 5.51. The Kier molecular flexibility index (Phi) is 10.8. The third-order valence-electron chi connectivity index (χ3n) is 6.29. The highest BCUT2D eigenvalue weighted by Crippen LogP contribution is 2.25. The van der Waals surface area contributed by atoms with Crippen LogP contribution in [0.4, 0.5) is 5.69 Å². The number of sulfonamides is 1. The van der Waals surface area contributed by atoms with Gasteiger partial charge in [0, 0.05) is 29.6 Å². The van der Waals surface area contributed by atoms with Crippen molar-refractivity contribution in [3.8, 4) is 0 Å². The van der Waals surface area contributed by atoms with Gasteiger partial charge in [-0.05, 0) is 54.3 Å². The fraction of sp³-hybridized carbons (Fsp3) is 0.310. The molecule has 3 aromatic rings. The minimum absolute atomic E-state index is 0.0180. The summed E-state index contributed by atoms with van der Waals surface area (Å²) < 4.78 is 26.7. The zero-order valence-electron chi connectivity index (χ0n) is 22.2. The van der Waals surface area contributed by atoms with Gasteiger partial charge >= 0.3 is 0 Å². The highest BCUT2D eigenvalue weighted by Gasteiger charge is 2.33. The van der Waals surface area contributed by atoms with E-state index < -0.39 is 28.5 Å². The largest absolute Gasteiger partial charge is 0.355 e. The molecule has 0 aliphatic heterocycles. The quantitative estimate of drug-likeness (QED) is 0.318. The molecule has 0 aliphatic rings. The normalized spacial score (nSPS) is 12.0. The van der Waals surface area contributed by atoms with Crippen LogP contribution in [0, 0.1) is 0 Å². The van der Waals surface area contributed by atoms with Gasteiger partial charge in [-0.25, -0.2) is 8.42 Å². The van der Waals surface area contributed by atoms with Gasteiger partial charge < -0.3 is 10.2 Å². The first-order valence-electron chi connectivity index (χ1n) is 12.6. The number of carbonyl (C=O) groups excluding carboxylic acids is 2. The van der Waals surface area contributed by atoms with Crippen LogP contribution in [0.3, 0.4) is 0 Å². The molecule has 0 saturated carbocycles. The number of hydrogen-bond donors (Lipinski definition) is 1. The van der Waals surface area contributed by atoms with E-state index in [4.69, 9.17) is 23.2 Å². The maximum absolute atomic E-state index is 14.0. The van der Waals surface area contributed by atoms with Crippen LogP contribution in [-0.4, -0.2) is 50.5 Å². The van der Waals surface area contributed by atoms with Gasteiger partial charge in [0.1, 0.15) is 12.6 Å². The van der Waals surface area contributed by atoms with Gasteiger partial charge in [0.05, 0.1) is 11.9 Å². The first kappa shape index (κ1) is 30.5. The number of aryl methyl sites for hydroxylation is 1. The lowest BCUT2D eigenvalue weighted by atomic mass is 10.0. The van der Waals surface area contributed by atoms with Crippen LogP contribution in [0.5, 0.6) is 0 Å². The van der Waals surface area contributed by atoms with Gasteiger partial charge in [-0.1, -0.05) is 78.7 Å². The number of amides is 2. The maximum atomic E-state index is 14.0. The van der Waals surface area contributed by atoms with E-state index in [0.29, 0.717) is 27.8 Å². The van der Waals surface area contributed by atoms with Crippen LogP contribution < -0.4 is 9.62 Å². The van der Waals surface area contributed by atoms with Crippen LogP contribution in [0.25, 0.3) is 0 Å². The van der Waals surface area contributed by atoms with Crippen molar-refractivity contribution >= 4 is 50.7 Å². The zero-order valence-corrected chi connectivity index (χ0v) is 24.6. The van der Waals surface area contributed by atoms with Crippen LogP contribution in [-0.2, 0) is 39.0 Å². The van der Waals surface area contributed by atoms with E-state index in [2.05, 4.69) is 5.32 Å². The van der Waals surface area contributed by atoms with Gasteiger partial charge in [0.2, 0.25) is 21.8 Å². The molecule has 1 unspecified atom stereocenters. The molecule has 0 aromatic heterocycles. The van der Waals surface area contributed by atoms with Gasteiger partial charge in [0.25, 0.3) is 0 Å². The van der Waals surface area contributed by atoms with Crippen molar-refractivity contribution in [1.82, 2.24) is 10.2 Å². The molecule has 1 N–H and O–H groups in total. The molecule has 0 aliphatic carbocycles.